The molecule has 1 aromatic heterocycles. The molecular formula is C19H27N3O3. The summed E-state index contributed by atoms with van der Waals surface area (Å²) in [7, 11) is 0. The highest BCUT2D eigenvalue weighted by Crippen LogP contribution is 2.41. The van der Waals surface area contributed by atoms with Gasteiger partial charge in [-0.2, -0.15) is 0 Å². The zero-order chi connectivity index (χ0) is 17.1. The van der Waals surface area contributed by atoms with E-state index in [4.69, 9.17) is 9.47 Å². The van der Waals surface area contributed by atoms with Crippen LogP contribution in [0.2, 0.25) is 0 Å². The summed E-state index contributed by atoms with van der Waals surface area (Å²) in [5.74, 6) is 0.728. The Hall–Kier alpha value is -1.53. The van der Waals surface area contributed by atoms with Gasteiger partial charge in [0.05, 0.1) is 12.7 Å². The van der Waals surface area contributed by atoms with Crippen LogP contribution in [-0.2, 0) is 9.47 Å². The second-order valence-electron chi connectivity index (χ2n) is 7.75. The van der Waals surface area contributed by atoms with E-state index in [1.807, 2.05) is 4.90 Å². The number of amides is 1. The quantitative estimate of drug-likeness (QED) is 0.819. The van der Waals surface area contributed by atoms with Gasteiger partial charge in [-0.3, -0.25) is 4.79 Å². The third-order valence-corrected chi connectivity index (χ3v) is 6.04. The van der Waals surface area contributed by atoms with Gasteiger partial charge >= 0.3 is 0 Å². The third kappa shape index (κ3) is 3.55. The van der Waals surface area contributed by atoms with Gasteiger partial charge in [0.2, 0.25) is 0 Å². The fourth-order valence-corrected chi connectivity index (χ4v) is 4.34. The maximum absolute atomic E-state index is 12.8. The van der Waals surface area contributed by atoms with E-state index in [-0.39, 0.29) is 17.4 Å². The van der Waals surface area contributed by atoms with Crippen LogP contribution < -0.4 is 0 Å². The Balaban J connectivity index is 1.44. The monoisotopic (exact) mass is 345 g/mol. The number of carbonyl (C=O) groups is 1. The van der Waals surface area contributed by atoms with Gasteiger partial charge in [0, 0.05) is 37.9 Å². The van der Waals surface area contributed by atoms with Crippen LogP contribution >= 0.6 is 0 Å². The molecular weight excluding hydrogens is 318 g/mol. The molecule has 2 aliphatic heterocycles. The minimum atomic E-state index is -0.0665. The van der Waals surface area contributed by atoms with Gasteiger partial charge < -0.3 is 14.4 Å². The summed E-state index contributed by atoms with van der Waals surface area (Å²) >= 11 is 0. The van der Waals surface area contributed by atoms with E-state index in [1.165, 1.54) is 25.6 Å². The number of carbonyl (C=O) groups excluding carboxylic acids is 1. The van der Waals surface area contributed by atoms with Crippen molar-refractivity contribution in [2.75, 3.05) is 32.9 Å². The van der Waals surface area contributed by atoms with Crippen LogP contribution in [0, 0.1) is 11.3 Å². The number of nitrogens with zero attached hydrogens (tertiary/aromatic N) is 3. The Morgan fingerprint density at radius 2 is 2.28 bits per heavy atom. The van der Waals surface area contributed by atoms with Crippen LogP contribution in [0.1, 0.15) is 49.0 Å². The molecule has 0 aromatic carbocycles. The summed E-state index contributed by atoms with van der Waals surface area (Å²) in [5, 5.41) is 0. The number of rotatable bonds is 5. The first kappa shape index (κ1) is 16.9. The number of hydrogen-bond donors (Lipinski definition) is 0. The van der Waals surface area contributed by atoms with Crippen LogP contribution in [0.25, 0.3) is 0 Å². The zero-order valence-electron chi connectivity index (χ0n) is 14.7. The summed E-state index contributed by atoms with van der Waals surface area (Å²) in [6.07, 6.45) is 10.2. The summed E-state index contributed by atoms with van der Waals surface area (Å²) in [6, 6.07) is 1.69. The van der Waals surface area contributed by atoms with Gasteiger partial charge in [-0.15, -0.1) is 0 Å². The van der Waals surface area contributed by atoms with Crippen molar-refractivity contribution in [1.82, 2.24) is 14.9 Å². The average Bonchev–Trinajstić information content (AvgIpc) is 2.63. The van der Waals surface area contributed by atoms with Crippen molar-refractivity contribution in [2.45, 2.75) is 44.6 Å². The van der Waals surface area contributed by atoms with E-state index < -0.39 is 0 Å². The van der Waals surface area contributed by atoms with Gasteiger partial charge in [-0.05, 0) is 44.1 Å². The number of likely N-dealkylation sites (tertiary alicyclic amines) is 1. The molecule has 6 heteroatoms. The molecule has 1 amide bonds. The van der Waals surface area contributed by atoms with Crippen LogP contribution in [0.3, 0.4) is 0 Å². The first-order valence-electron chi connectivity index (χ1n) is 9.51. The zero-order valence-corrected chi connectivity index (χ0v) is 14.7. The van der Waals surface area contributed by atoms with Crippen molar-refractivity contribution in [1.29, 1.82) is 0 Å². The first-order chi connectivity index (χ1) is 12.3. The molecule has 6 nitrogen and oxygen atoms in total. The molecule has 2 atom stereocenters. The Morgan fingerprint density at radius 3 is 3.04 bits per heavy atom. The molecule has 3 aliphatic rings. The SMILES string of the molecule is O=C(c1ccncn1)N1CC[C@@H]2OCCC[C@@]2(COCC2CCC2)C1. The predicted molar refractivity (Wildman–Crippen MR) is 92.1 cm³/mol. The molecule has 0 unspecified atom stereocenters. The van der Waals surface area contributed by atoms with E-state index >= 15 is 0 Å². The van der Waals surface area contributed by atoms with E-state index in [0.717, 1.165) is 44.9 Å². The molecule has 0 bridgehead atoms. The Labute approximate surface area is 148 Å². The minimum absolute atomic E-state index is 0.00945. The highest BCUT2D eigenvalue weighted by Gasteiger charge is 2.47. The number of aromatic nitrogens is 2. The fraction of sp³-hybridized carbons (Fsp3) is 0.737. The molecule has 1 aromatic rings. The first-order valence-corrected chi connectivity index (χ1v) is 9.51. The third-order valence-electron chi connectivity index (χ3n) is 6.04. The standard InChI is InChI=1S/C19H27N3O3/c23-18(16-5-8-20-14-21-16)22-9-6-17-19(12-22,7-2-10-25-17)13-24-11-15-3-1-4-15/h5,8,14-15,17H,1-4,6-7,9-13H2/t17-,19-/m0/s1. The van der Waals surface area contributed by atoms with Crippen molar-refractivity contribution >= 4 is 5.91 Å². The lowest BCUT2D eigenvalue weighted by molar-refractivity contribution is -0.150. The molecule has 1 aliphatic carbocycles. The Morgan fingerprint density at radius 1 is 1.36 bits per heavy atom. The van der Waals surface area contributed by atoms with Crippen molar-refractivity contribution in [3.05, 3.63) is 24.3 Å². The topological polar surface area (TPSA) is 64.6 Å². The molecule has 2 saturated heterocycles. The van der Waals surface area contributed by atoms with Gasteiger partial charge in [-0.25, -0.2) is 9.97 Å². The van der Waals surface area contributed by atoms with Gasteiger partial charge in [0.25, 0.3) is 5.91 Å². The Bertz CT molecular complexity index is 593. The van der Waals surface area contributed by atoms with E-state index in [0.29, 0.717) is 18.8 Å². The smallest absolute Gasteiger partial charge is 0.272 e. The molecule has 25 heavy (non-hydrogen) atoms. The number of piperidine rings is 1. The summed E-state index contributed by atoms with van der Waals surface area (Å²) < 4.78 is 12.2. The normalized spacial score (nSPS) is 29.8. The molecule has 3 heterocycles. The molecule has 0 spiro atoms. The van der Waals surface area contributed by atoms with Gasteiger partial charge in [0.15, 0.2) is 0 Å². The van der Waals surface area contributed by atoms with Crippen LogP contribution in [0.4, 0.5) is 0 Å². The van der Waals surface area contributed by atoms with Crippen molar-refractivity contribution in [3.8, 4) is 0 Å². The number of hydrogen-bond acceptors (Lipinski definition) is 5. The second-order valence-corrected chi connectivity index (χ2v) is 7.75. The number of ether oxygens (including phenoxy) is 2. The van der Waals surface area contributed by atoms with Crippen molar-refractivity contribution in [2.24, 2.45) is 11.3 Å². The highest BCUT2D eigenvalue weighted by molar-refractivity contribution is 5.92. The van der Waals surface area contributed by atoms with Crippen LogP contribution in [0.15, 0.2) is 18.6 Å². The lowest BCUT2D eigenvalue weighted by Crippen LogP contribution is -2.58. The molecule has 136 valence electrons. The minimum Gasteiger partial charge on any atom is -0.380 e. The lowest BCUT2D eigenvalue weighted by Gasteiger charge is -2.50. The lowest BCUT2D eigenvalue weighted by atomic mass is 9.73. The fourth-order valence-electron chi connectivity index (χ4n) is 4.34. The summed E-state index contributed by atoms with van der Waals surface area (Å²) in [6.45, 7) is 3.80. The van der Waals surface area contributed by atoms with Gasteiger partial charge in [0.1, 0.15) is 12.0 Å². The van der Waals surface area contributed by atoms with Crippen molar-refractivity contribution < 1.29 is 14.3 Å². The summed E-state index contributed by atoms with van der Waals surface area (Å²) in [5.41, 5.74) is 0.402. The van der Waals surface area contributed by atoms with Gasteiger partial charge in [-0.1, -0.05) is 6.42 Å². The van der Waals surface area contributed by atoms with Crippen molar-refractivity contribution in [3.63, 3.8) is 0 Å². The highest BCUT2D eigenvalue weighted by atomic mass is 16.5. The number of fused-ring (bicyclic) bond motifs is 1. The maximum atomic E-state index is 12.8. The molecule has 1 saturated carbocycles. The van der Waals surface area contributed by atoms with Crippen LogP contribution in [0.5, 0.6) is 0 Å². The summed E-state index contributed by atoms with van der Waals surface area (Å²) in [4.78, 5) is 22.8. The molecule has 0 radical (unpaired) electrons. The molecule has 4 rings (SSSR count). The van der Waals surface area contributed by atoms with Crippen LogP contribution in [-0.4, -0.2) is 59.8 Å². The second kappa shape index (κ2) is 7.38. The molecule has 0 N–H and O–H groups in total. The van der Waals surface area contributed by atoms with E-state index in [1.54, 1.807) is 12.3 Å². The average molecular weight is 345 g/mol. The largest absolute Gasteiger partial charge is 0.380 e. The molecule has 3 fully saturated rings. The predicted octanol–water partition coefficient (Wildman–Crippen LogP) is 2.30. The van der Waals surface area contributed by atoms with E-state index in [2.05, 4.69) is 9.97 Å². The maximum Gasteiger partial charge on any atom is 0.272 e. The Kier molecular flexibility index (Phi) is 4.99. The van der Waals surface area contributed by atoms with E-state index in [9.17, 15) is 4.79 Å².